The van der Waals surface area contributed by atoms with Gasteiger partial charge in [0.15, 0.2) is 5.69 Å². The predicted octanol–water partition coefficient (Wildman–Crippen LogP) is 3.45. The third-order valence-corrected chi connectivity index (χ3v) is 4.24. The molecule has 3 rings (SSSR count). The lowest BCUT2D eigenvalue weighted by atomic mass is 10.1. The van der Waals surface area contributed by atoms with Crippen LogP contribution in [0, 0.1) is 6.92 Å². The Morgan fingerprint density at radius 3 is 2.48 bits per heavy atom. The summed E-state index contributed by atoms with van der Waals surface area (Å²) in [7, 11) is 0. The lowest BCUT2D eigenvalue weighted by Crippen LogP contribution is -2.34. The lowest BCUT2D eigenvalue weighted by Gasteiger charge is -2.17. The number of amides is 1. The molecule has 0 aliphatic heterocycles. The summed E-state index contributed by atoms with van der Waals surface area (Å²) in [5.74, 6) is -0.800. The van der Waals surface area contributed by atoms with Crippen LogP contribution in [0.25, 0.3) is 5.69 Å². The molecule has 150 valence electrons. The van der Waals surface area contributed by atoms with Crippen molar-refractivity contribution in [2.75, 3.05) is 0 Å². The third-order valence-electron chi connectivity index (χ3n) is 4.24. The van der Waals surface area contributed by atoms with Crippen LogP contribution >= 0.6 is 0 Å². The van der Waals surface area contributed by atoms with Crippen LogP contribution in [0.1, 0.15) is 40.4 Å². The number of hydrogen-bond acceptors (Lipinski definition) is 4. The Balaban J connectivity index is 2.01. The van der Waals surface area contributed by atoms with Crippen LogP contribution in [0.15, 0.2) is 59.5 Å². The zero-order chi connectivity index (χ0) is 21.2. The van der Waals surface area contributed by atoms with E-state index in [0.717, 1.165) is 16.8 Å². The highest BCUT2D eigenvalue weighted by Crippen LogP contribution is 2.33. The predicted molar refractivity (Wildman–Crippen MR) is 99.7 cm³/mol. The van der Waals surface area contributed by atoms with Crippen molar-refractivity contribution in [2.45, 2.75) is 26.1 Å². The molecule has 0 saturated carbocycles. The minimum absolute atomic E-state index is 0.168. The molecule has 0 bridgehead atoms. The van der Waals surface area contributed by atoms with E-state index in [-0.39, 0.29) is 11.4 Å². The van der Waals surface area contributed by atoms with Crippen molar-refractivity contribution in [2.24, 2.45) is 0 Å². The van der Waals surface area contributed by atoms with Crippen LogP contribution in [0.4, 0.5) is 13.2 Å². The number of benzene rings is 1. The van der Waals surface area contributed by atoms with E-state index in [1.165, 1.54) is 25.1 Å². The number of para-hydroxylation sites is 1. The van der Waals surface area contributed by atoms with Gasteiger partial charge in [-0.05, 0) is 38.1 Å². The van der Waals surface area contributed by atoms with E-state index < -0.39 is 34.8 Å². The van der Waals surface area contributed by atoms with Crippen molar-refractivity contribution in [1.29, 1.82) is 0 Å². The maximum Gasteiger partial charge on any atom is 0.418 e. The summed E-state index contributed by atoms with van der Waals surface area (Å²) in [5.41, 5.74) is -1.65. The molecular formula is C20H17F3N4O2. The smallest absolute Gasteiger partial charge is 0.342 e. The van der Waals surface area contributed by atoms with Crippen molar-refractivity contribution >= 4 is 5.91 Å². The van der Waals surface area contributed by atoms with E-state index in [4.69, 9.17) is 0 Å². The normalized spacial score (nSPS) is 12.4. The molecule has 0 aliphatic carbocycles. The fourth-order valence-corrected chi connectivity index (χ4v) is 2.82. The van der Waals surface area contributed by atoms with Gasteiger partial charge in [-0.1, -0.05) is 18.2 Å². The van der Waals surface area contributed by atoms with Crippen molar-refractivity contribution < 1.29 is 18.0 Å². The molecule has 1 N–H and O–H groups in total. The second kappa shape index (κ2) is 7.86. The second-order valence-corrected chi connectivity index (χ2v) is 6.38. The number of nitrogens with one attached hydrogen (secondary N) is 1. The largest absolute Gasteiger partial charge is 0.418 e. The number of rotatable bonds is 4. The zero-order valence-electron chi connectivity index (χ0n) is 15.6. The minimum atomic E-state index is -4.62. The van der Waals surface area contributed by atoms with Crippen molar-refractivity contribution in [3.63, 3.8) is 0 Å². The van der Waals surface area contributed by atoms with Gasteiger partial charge in [0.25, 0.3) is 5.91 Å². The van der Waals surface area contributed by atoms with E-state index in [1.54, 1.807) is 31.3 Å². The first-order valence-corrected chi connectivity index (χ1v) is 8.68. The lowest BCUT2D eigenvalue weighted by molar-refractivity contribution is -0.137. The van der Waals surface area contributed by atoms with Crippen molar-refractivity contribution in [3.05, 3.63) is 87.6 Å². The molecule has 1 amide bonds. The first-order chi connectivity index (χ1) is 13.7. The summed E-state index contributed by atoms with van der Waals surface area (Å²) in [4.78, 5) is 29.0. The van der Waals surface area contributed by atoms with Crippen LogP contribution in [0.3, 0.4) is 0 Å². The van der Waals surface area contributed by atoms with Gasteiger partial charge in [0.05, 0.1) is 23.0 Å². The Labute approximate surface area is 164 Å². The molecule has 6 nitrogen and oxygen atoms in total. The average molecular weight is 402 g/mol. The molecule has 2 heterocycles. The van der Waals surface area contributed by atoms with Crippen molar-refractivity contribution in [1.82, 2.24) is 20.1 Å². The molecule has 29 heavy (non-hydrogen) atoms. The van der Waals surface area contributed by atoms with Gasteiger partial charge in [0.2, 0.25) is 5.43 Å². The number of nitrogens with zero attached hydrogens (tertiary/aromatic N) is 3. The SMILES string of the molecule is Cc1cc(=O)c(C(=O)NC(C)c2ccccn2)nn1-c1ccccc1C(F)(F)F. The van der Waals surface area contributed by atoms with E-state index in [2.05, 4.69) is 15.4 Å². The summed E-state index contributed by atoms with van der Waals surface area (Å²) in [5, 5.41) is 6.53. The fraction of sp³-hybridized carbons (Fsp3) is 0.200. The van der Waals surface area contributed by atoms with Crippen LogP contribution in [0.5, 0.6) is 0 Å². The maximum atomic E-state index is 13.4. The number of carbonyl (C=O) groups is 1. The van der Waals surface area contributed by atoms with Gasteiger partial charge in [-0.25, -0.2) is 4.68 Å². The van der Waals surface area contributed by atoms with Crippen LogP contribution in [-0.4, -0.2) is 20.7 Å². The zero-order valence-corrected chi connectivity index (χ0v) is 15.6. The van der Waals surface area contributed by atoms with E-state index in [9.17, 15) is 22.8 Å². The monoisotopic (exact) mass is 402 g/mol. The minimum Gasteiger partial charge on any atom is -0.342 e. The van der Waals surface area contributed by atoms with E-state index in [0.29, 0.717) is 5.69 Å². The standard InChI is InChI=1S/C20H17F3N4O2/c1-12-11-17(28)18(19(29)25-13(2)15-8-5-6-10-24-15)26-27(12)16-9-4-3-7-14(16)20(21,22)23/h3-11,13H,1-2H3,(H,25,29). The molecule has 1 aromatic carbocycles. The maximum absolute atomic E-state index is 13.4. The summed E-state index contributed by atoms with van der Waals surface area (Å²) in [6.07, 6.45) is -3.06. The molecule has 3 aromatic rings. The van der Waals surface area contributed by atoms with Gasteiger partial charge in [0, 0.05) is 18.0 Å². The quantitative estimate of drug-likeness (QED) is 0.725. The Bertz CT molecular complexity index is 1090. The Kier molecular flexibility index (Phi) is 5.49. The van der Waals surface area contributed by atoms with Crippen LogP contribution < -0.4 is 10.7 Å². The number of hydrogen-bond donors (Lipinski definition) is 1. The first kappa shape index (κ1) is 20.2. The molecular weight excluding hydrogens is 385 g/mol. The van der Waals surface area contributed by atoms with Crippen molar-refractivity contribution in [3.8, 4) is 5.69 Å². The van der Waals surface area contributed by atoms with Crippen LogP contribution in [-0.2, 0) is 6.18 Å². The second-order valence-electron chi connectivity index (χ2n) is 6.38. The van der Waals surface area contributed by atoms with Gasteiger partial charge < -0.3 is 5.32 Å². The highest BCUT2D eigenvalue weighted by atomic mass is 19.4. The number of aromatic nitrogens is 3. The average Bonchev–Trinajstić information content (AvgIpc) is 2.68. The van der Waals surface area contributed by atoms with E-state index in [1.807, 2.05) is 0 Å². The number of carbonyl (C=O) groups excluding carboxylic acids is 1. The molecule has 0 radical (unpaired) electrons. The van der Waals surface area contributed by atoms with Gasteiger partial charge in [-0.2, -0.15) is 18.3 Å². The molecule has 1 unspecified atom stereocenters. The van der Waals surface area contributed by atoms with Gasteiger partial charge >= 0.3 is 6.18 Å². The number of alkyl halides is 3. The summed E-state index contributed by atoms with van der Waals surface area (Å²) >= 11 is 0. The highest BCUT2D eigenvalue weighted by Gasteiger charge is 2.34. The molecule has 0 saturated heterocycles. The number of halogens is 3. The third kappa shape index (κ3) is 4.34. The number of pyridine rings is 1. The fourth-order valence-electron chi connectivity index (χ4n) is 2.82. The summed E-state index contributed by atoms with van der Waals surface area (Å²) < 4.78 is 41.1. The summed E-state index contributed by atoms with van der Waals surface area (Å²) in [6.45, 7) is 3.12. The van der Waals surface area contributed by atoms with E-state index >= 15 is 0 Å². The molecule has 0 aliphatic rings. The first-order valence-electron chi connectivity index (χ1n) is 8.68. The molecule has 0 spiro atoms. The highest BCUT2D eigenvalue weighted by molar-refractivity contribution is 5.92. The van der Waals surface area contributed by atoms with Gasteiger partial charge in [-0.15, -0.1) is 0 Å². The Hall–Kier alpha value is -3.49. The van der Waals surface area contributed by atoms with Gasteiger partial charge in [0.1, 0.15) is 0 Å². The van der Waals surface area contributed by atoms with Gasteiger partial charge in [-0.3, -0.25) is 14.6 Å². The molecule has 0 fully saturated rings. The topological polar surface area (TPSA) is 76.9 Å². The number of aryl methyl sites for hydroxylation is 1. The molecule has 2 aromatic heterocycles. The summed E-state index contributed by atoms with van der Waals surface area (Å²) in [6, 6.07) is 10.5. The Morgan fingerprint density at radius 1 is 1.14 bits per heavy atom. The Morgan fingerprint density at radius 2 is 1.83 bits per heavy atom. The molecule has 1 atom stereocenters. The molecule has 9 heteroatoms. The van der Waals surface area contributed by atoms with Crippen LogP contribution in [0.2, 0.25) is 0 Å².